The van der Waals surface area contributed by atoms with Crippen molar-refractivity contribution in [2.24, 2.45) is 0 Å². The summed E-state index contributed by atoms with van der Waals surface area (Å²) >= 11 is 5.59. The van der Waals surface area contributed by atoms with Gasteiger partial charge in [0, 0.05) is 12.7 Å². The smallest absolute Gasteiger partial charge is 0.0785 e. The van der Waals surface area contributed by atoms with E-state index in [0.717, 1.165) is 13.0 Å². The summed E-state index contributed by atoms with van der Waals surface area (Å²) in [5, 5.41) is 4.63. The van der Waals surface area contributed by atoms with Crippen LogP contribution in [-0.2, 0) is 6.54 Å². The average Bonchev–Trinajstić information content (AvgIpc) is 2.17. The van der Waals surface area contributed by atoms with Crippen molar-refractivity contribution < 1.29 is 0 Å². The van der Waals surface area contributed by atoms with Gasteiger partial charge in [0.15, 0.2) is 0 Å². The van der Waals surface area contributed by atoms with Crippen molar-refractivity contribution in [2.75, 3.05) is 0 Å². The zero-order valence-corrected chi connectivity index (χ0v) is 5.80. The summed E-state index contributed by atoms with van der Waals surface area (Å²) in [5.74, 6) is 0. The largest absolute Gasteiger partial charge is 0.271 e. The molecule has 0 bridgehead atoms. The van der Waals surface area contributed by atoms with Crippen molar-refractivity contribution in [1.29, 1.82) is 0 Å². The number of halogens is 1. The van der Waals surface area contributed by atoms with Gasteiger partial charge in [-0.1, -0.05) is 18.5 Å². The predicted molar refractivity (Wildman–Crippen MR) is 37.2 cm³/mol. The van der Waals surface area contributed by atoms with Crippen LogP contribution in [0.25, 0.3) is 0 Å². The van der Waals surface area contributed by atoms with Gasteiger partial charge in [0.2, 0.25) is 0 Å². The lowest BCUT2D eigenvalue weighted by Crippen LogP contribution is -1.95. The summed E-state index contributed by atoms with van der Waals surface area (Å²) in [7, 11) is 0. The Bertz CT molecular complexity index is 183. The lowest BCUT2D eigenvalue weighted by Gasteiger charge is -1.92. The van der Waals surface area contributed by atoms with Crippen LogP contribution in [-0.4, -0.2) is 9.78 Å². The molecule has 0 atom stereocenters. The average molecular weight is 144 g/mol. The van der Waals surface area contributed by atoms with Crippen LogP contribution in [0.4, 0.5) is 0 Å². The fourth-order valence-electron chi connectivity index (χ4n) is 0.623. The Morgan fingerprint density at radius 2 is 2.56 bits per heavy atom. The zero-order chi connectivity index (χ0) is 6.69. The predicted octanol–water partition coefficient (Wildman–Crippen LogP) is 1.76. The van der Waals surface area contributed by atoms with Crippen LogP contribution in [0.15, 0.2) is 12.4 Å². The molecule has 9 heavy (non-hydrogen) atoms. The van der Waals surface area contributed by atoms with Crippen molar-refractivity contribution >= 4 is 11.6 Å². The molecular formula is C6H8ClN2. The molecule has 3 heteroatoms. The molecule has 1 rings (SSSR count). The fourth-order valence-corrected chi connectivity index (χ4v) is 0.779. The topological polar surface area (TPSA) is 17.8 Å². The normalized spacial score (nSPS) is 10.0. The first-order valence-corrected chi connectivity index (χ1v) is 3.18. The summed E-state index contributed by atoms with van der Waals surface area (Å²) in [6.07, 6.45) is 4.25. The van der Waals surface area contributed by atoms with Gasteiger partial charge in [0.25, 0.3) is 0 Å². The van der Waals surface area contributed by atoms with Crippen molar-refractivity contribution in [1.82, 2.24) is 9.78 Å². The molecule has 49 valence electrons. The third-order valence-electron chi connectivity index (χ3n) is 0.989. The van der Waals surface area contributed by atoms with Gasteiger partial charge in [-0.25, -0.2) is 0 Å². The van der Waals surface area contributed by atoms with Crippen molar-refractivity contribution in [3.8, 4) is 0 Å². The van der Waals surface area contributed by atoms with E-state index >= 15 is 0 Å². The van der Waals surface area contributed by atoms with Crippen LogP contribution in [0.3, 0.4) is 0 Å². The molecule has 0 spiro atoms. The minimum Gasteiger partial charge on any atom is -0.271 e. The molecule has 0 aliphatic rings. The van der Waals surface area contributed by atoms with Crippen LogP contribution in [0.1, 0.15) is 6.42 Å². The molecule has 0 fully saturated rings. The van der Waals surface area contributed by atoms with Crippen LogP contribution < -0.4 is 0 Å². The van der Waals surface area contributed by atoms with Crippen LogP contribution in [0.2, 0.25) is 5.02 Å². The SMILES string of the molecule is [CH2]CCn1cc(Cl)cn1. The molecule has 0 amide bonds. The number of aryl methyl sites for hydroxylation is 1. The van der Waals surface area contributed by atoms with Crippen molar-refractivity contribution in [3.63, 3.8) is 0 Å². The molecule has 1 aromatic heterocycles. The van der Waals surface area contributed by atoms with E-state index in [9.17, 15) is 0 Å². The van der Waals surface area contributed by atoms with Crippen LogP contribution in [0, 0.1) is 6.92 Å². The second-order valence-electron chi connectivity index (χ2n) is 1.78. The van der Waals surface area contributed by atoms with Crippen molar-refractivity contribution in [3.05, 3.63) is 24.3 Å². The third kappa shape index (κ3) is 1.72. The lowest BCUT2D eigenvalue weighted by molar-refractivity contribution is 0.622. The fraction of sp³-hybridized carbons (Fsp3) is 0.333. The quantitative estimate of drug-likeness (QED) is 0.617. The first-order valence-electron chi connectivity index (χ1n) is 2.80. The number of rotatable bonds is 2. The van der Waals surface area contributed by atoms with E-state index in [-0.39, 0.29) is 0 Å². The number of hydrogen-bond acceptors (Lipinski definition) is 1. The Morgan fingerprint density at radius 1 is 1.78 bits per heavy atom. The summed E-state index contributed by atoms with van der Waals surface area (Å²) < 4.78 is 1.77. The molecule has 0 N–H and O–H groups in total. The van der Waals surface area contributed by atoms with E-state index in [1.807, 2.05) is 0 Å². The molecule has 0 saturated heterocycles. The van der Waals surface area contributed by atoms with E-state index in [4.69, 9.17) is 11.6 Å². The molecule has 0 unspecified atom stereocenters. The molecular weight excluding hydrogens is 136 g/mol. The molecule has 0 aromatic carbocycles. The monoisotopic (exact) mass is 143 g/mol. The maximum Gasteiger partial charge on any atom is 0.0785 e. The first kappa shape index (κ1) is 6.62. The minimum atomic E-state index is 0.684. The Balaban J connectivity index is 2.61. The Morgan fingerprint density at radius 3 is 3.00 bits per heavy atom. The Labute approximate surface area is 59.4 Å². The maximum absolute atomic E-state index is 5.59. The Hall–Kier alpha value is -0.500. The highest BCUT2D eigenvalue weighted by Crippen LogP contribution is 2.04. The van der Waals surface area contributed by atoms with E-state index in [0.29, 0.717) is 5.02 Å². The Kier molecular flexibility index (Phi) is 2.11. The lowest BCUT2D eigenvalue weighted by atomic mass is 10.5. The molecule has 1 radical (unpaired) electrons. The number of nitrogens with zero attached hydrogens (tertiary/aromatic N) is 2. The minimum absolute atomic E-state index is 0.684. The zero-order valence-electron chi connectivity index (χ0n) is 5.05. The van der Waals surface area contributed by atoms with Gasteiger partial charge >= 0.3 is 0 Å². The van der Waals surface area contributed by atoms with E-state index in [1.165, 1.54) is 0 Å². The van der Waals surface area contributed by atoms with Gasteiger partial charge in [-0.2, -0.15) is 5.10 Å². The van der Waals surface area contributed by atoms with E-state index < -0.39 is 0 Å². The highest BCUT2D eigenvalue weighted by atomic mass is 35.5. The van der Waals surface area contributed by atoms with Crippen LogP contribution >= 0.6 is 11.6 Å². The van der Waals surface area contributed by atoms with Gasteiger partial charge in [0.05, 0.1) is 11.2 Å². The summed E-state index contributed by atoms with van der Waals surface area (Å²) in [5.41, 5.74) is 0. The second-order valence-corrected chi connectivity index (χ2v) is 2.21. The number of aromatic nitrogens is 2. The van der Waals surface area contributed by atoms with Gasteiger partial charge in [-0.15, -0.1) is 0 Å². The first-order chi connectivity index (χ1) is 4.33. The van der Waals surface area contributed by atoms with E-state index in [2.05, 4.69) is 12.0 Å². The molecule has 0 aliphatic heterocycles. The van der Waals surface area contributed by atoms with Gasteiger partial charge in [-0.05, 0) is 6.42 Å². The maximum atomic E-state index is 5.59. The molecule has 0 saturated carbocycles. The number of hydrogen-bond donors (Lipinski definition) is 0. The van der Waals surface area contributed by atoms with Crippen LogP contribution in [0.5, 0.6) is 0 Å². The van der Waals surface area contributed by atoms with Gasteiger partial charge in [0.1, 0.15) is 0 Å². The molecule has 1 heterocycles. The summed E-state index contributed by atoms with van der Waals surface area (Å²) in [4.78, 5) is 0. The van der Waals surface area contributed by atoms with Gasteiger partial charge < -0.3 is 0 Å². The highest BCUT2D eigenvalue weighted by molar-refractivity contribution is 6.30. The highest BCUT2D eigenvalue weighted by Gasteiger charge is 1.90. The van der Waals surface area contributed by atoms with Gasteiger partial charge in [-0.3, -0.25) is 4.68 Å². The second kappa shape index (κ2) is 2.87. The molecule has 1 aromatic rings. The van der Waals surface area contributed by atoms with Crippen molar-refractivity contribution in [2.45, 2.75) is 13.0 Å². The molecule has 0 aliphatic carbocycles. The summed E-state index contributed by atoms with van der Waals surface area (Å²) in [6.45, 7) is 4.53. The van der Waals surface area contributed by atoms with E-state index in [1.54, 1.807) is 17.1 Å². The third-order valence-corrected chi connectivity index (χ3v) is 1.18. The summed E-state index contributed by atoms with van der Waals surface area (Å²) in [6, 6.07) is 0. The standard InChI is InChI=1S/C6H8ClN2/c1-2-3-9-5-6(7)4-8-9/h4-5H,1-3H2. The molecule has 2 nitrogen and oxygen atoms in total.